The highest BCUT2D eigenvalue weighted by Gasteiger charge is 2.13. The van der Waals surface area contributed by atoms with Crippen molar-refractivity contribution in [1.29, 1.82) is 0 Å². The number of carboxylic acid groups (broad SMARTS) is 1. The van der Waals surface area contributed by atoms with E-state index in [1.54, 1.807) is 0 Å². The first kappa shape index (κ1) is 15.4. The summed E-state index contributed by atoms with van der Waals surface area (Å²) < 4.78 is 2.63. The van der Waals surface area contributed by atoms with Crippen LogP contribution in [0.3, 0.4) is 0 Å². The number of hydrogen-bond donors (Lipinski definition) is 2. The van der Waals surface area contributed by atoms with E-state index >= 15 is 0 Å². The van der Waals surface area contributed by atoms with Gasteiger partial charge < -0.3 is 10.4 Å². The molecule has 0 amide bonds. The minimum atomic E-state index is -1.05. The second-order valence-electron chi connectivity index (χ2n) is 3.79. The molecule has 1 aromatic carbocycles. The first-order chi connectivity index (χ1) is 9.49. The summed E-state index contributed by atoms with van der Waals surface area (Å²) in [5.41, 5.74) is 1.33. The molecule has 0 atom stereocenters. The van der Waals surface area contributed by atoms with Crippen molar-refractivity contribution < 1.29 is 9.90 Å². The number of hydrogen-bond acceptors (Lipinski definition) is 4. The van der Waals surface area contributed by atoms with Gasteiger partial charge in [0.1, 0.15) is 11.9 Å². The Kier molecular flexibility index (Phi) is 5.11. The minimum Gasteiger partial charge on any atom is -0.478 e. The number of carboxylic acids is 1. The number of nitrogens with one attached hydrogen (secondary N) is 1. The van der Waals surface area contributed by atoms with Gasteiger partial charge in [0, 0.05) is 19.6 Å². The molecule has 0 saturated heterocycles. The summed E-state index contributed by atoms with van der Waals surface area (Å²) >= 11 is 10.3. The number of aromatic nitrogens is 2. The third-order valence-corrected chi connectivity index (χ3v) is 4.17. The Hall–Kier alpha value is -0.990. The fraction of sp³-hybridized carbons (Fsp3) is 0.0833. The van der Waals surface area contributed by atoms with Gasteiger partial charge in [-0.1, -0.05) is 15.9 Å². The van der Waals surface area contributed by atoms with E-state index in [0.717, 1.165) is 19.1 Å². The molecule has 1 aromatic heterocycles. The first-order valence-electron chi connectivity index (χ1n) is 5.39. The highest BCUT2D eigenvalue weighted by atomic mass is 79.9. The van der Waals surface area contributed by atoms with Crippen molar-refractivity contribution in [3.05, 3.63) is 49.3 Å². The van der Waals surface area contributed by atoms with Gasteiger partial charge >= 0.3 is 5.97 Å². The first-order valence-corrected chi connectivity index (χ1v) is 7.77. The van der Waals surface area contributed by atoms with Gasteiger partial charge in [0.25, 0.3) is 0 Å². The topological polar surface area (TPSA) is 75.1 Å². The number of rotatable bonds is 4. The molecule has 0 radical (unpaired) electrons. The minimum absolute atomic E-state index is 0.0874. The fourth-order valence-electron chi connectivity index (χ4n) is 1.56. The van der Waals surface area contributed by atoms with Gasteiger partial charge in [-0.05, 0) is 44.0 Å². The average molecular weight is 466 g/mol. The summed E-state index contributed by atoms with van der Waals surface area (Å²) in [4.78, 5) is 18.8. The summed E-state index contributed by atoms with van der Waals surface area (Å²) in [7, 11) is 0. The monoisotopic (exact) mass is 463 g/mol. The maximum absolute atomic E-state index is 11.1. The lowest BCUT2D eigenvalue weighted by Gasteiger charge is -2.12. The van der Waals surface area contributed by atoms with Crippen LogP contribution in [0.25, 0.3) is 0 Å². The molecule has 8 heteroatoms. The van der Waals surface area contributed by atoms with E-state index in [4.69, 9.17) is 5.11 Å². The third-order valence-electron chi connectivity index (χ3n) is 2.46. The summed E-state index contributed by atoms with van der Waals surface area (Å²) in [6, 6.07) is 3.79. The molecule has 0 unspecified atom stereocenters. The molecule has 0 fully saturated rings. The van der Waals surface area contributed by atoms with Crippen LogP contribution in [-0.4, -0.2) is 21.0 Å². The molecule has 104 valence electrons. The molecule has 0 saturated carbocycles. The molecule has 2 aromatic rings. The van der Waals surface area contributed by atoms with Crippen LogP contribution in [-0.2, 0) is 6.54 Å². The van der Waals surface area contributed by atoms with E-state index in [2.05, 4.69) is 63.1 Å². The van der Waals surface area contributed by atoms with Crippen LogP contribution in [0.1, 0.15) is 16.1 Å². The van der Waals surface area contributed by atoms with Crippen LogP contribution in [0.4, 0.5) is 5.69 Å². The molecule has 1 heterocycles. The van der Waals surface area contributed by atoms with Crippen molar-refractivity contribution in [1.82, 2.24) is 9.97 Å². The van der Waals surface area contributed by atoms with Crippen LogP contribution < -0.4 is 5.32 Å². The molecule has 0 bridgehead atoms. The normalized spacial score (nSPS) is 10.3. The van der Waals surface area contributed by atoms with Crippen LogP contribution in [0.5, 0.6) is 0 Å². The molecule has 0 aliphatic carbocycles. The molecule has 0 aliphatic rings. The summed E-state index contributed by atoms with van der Waals surface area (Å²) in [5, 5.41) is 12.2. The smallest absolute Gasteiger partial charge is 0.339 e. The number of carbonyl (C=O) groups is 1. The number of benzene rings is 1. The van der Waals surface area contributed by atoms with E-state index in [9.17, 15) is 4.79 Å². The quantitative estimate of drug-likeness (QED) is 0.711. The second-order valence-corrected chi connectivity index (χ2v) is 6.41. The van der Waals surface area contributed by atoms with Crippen LogP contribution in [0.15, 0.2) is 38.1 Å². The molecule has 2 N–H and O–H groups in total. The van der Waals surface area contributed by atoms with Crippen LogP contribution >= 0.6 is 47.8 Å². The molecular formula is C12H8Br3N3O2. The van der Waals surface area contributed by atoms with Gasteiger partial charge in [0.05, 0.1) is 17.9 Å². The van der Waals surface area contributed by atoms with E-state index < -0.39 is 5.97 Å². The SMILES string of the molecule is O=C(O)c1cncnc1CNc1c(Br)cc(Br)cc1Br. The van der Waals surface area contributed by atoms with E-state index in [-0.39, 0.29) is 12.1 Å². The van der Waals surface area contributed by atoms with Gasteiger partial charge in [-0.3, -0.25) is 0 Å². The number of nitrogens with zero attached hydrogens (tertiary/aromatic N) is 2. The fourth-order valence-corrected chi connectivity index (χ4v) is 4.10. The van der Waals surface area contributed by atoms with Crippen LogP contribution in [0, 0.1) is 0 Å². The van der Waals surface area contributed by atoms with E-state index in [1.807, 2.05) is 12.1 Å². The summed E-state index contributed by atoms with van der Waals surface area (Å²) in [5.74, 6) is -1.05. The maximum atomic E-state index is 11.1. The number of aromatic carboxylic acids is 1. The van der Waals surface area contributed by atoms with Gasteiger partial charge in [-0.2, -0.15) is 0 Å². The standard InChI is InChI=1S/C12H8Br3N3O2/c13-6-1-8(14)11(9(15)2-6)17-4-10-7(12(19)20)3-16-5-18-10/h1-3,5,17H,4H2,(H,19,20). The van der Waals surface area contributed by atoms with Crippen molar-refractivity contribution in [3.8, 4) is 0 Å². The van der Waals surface area contributed by atoms with Crippen molar-refractivity contribution in [3.63, 3.8) is 0 Å². The van der Waals surface area contributed by atoms with E-state index in [1.165, 1.54) is 12.5 Å². The highest BCUT2D eigenvalue weighted by molar-refractivity contribution is 9.11. The lowest BCUT2D eigenvalue weighted by molar-refractivity contribution is 0.0694. The highest BCUT2D eigenvalue weighted by Crippen LogP contribution is 2.34. The van der Waals surface area contributed by atoms with Crippen molar-refractivity contribution in [2.75, 3.05) is 5.32 Å². The van der Waals surface area contributed by atoms with Crippen molar-refractivity contribution in [2.45, 2.75) is 6.54 Å². The Morgan fingerprint density at radius 1 is 1.25 bits per heavy atom. The molecule has 5 nitrogen and oxygen atoms in total. The van der Waals surface area contributed by atoms with E-state index in [0.29, 0.717) is 5.69 Å². The van der Waals surface area contributed by atoms with Gasteiger partial charge in [-0.25, -0.2) is 14.8 Å². The van der Waals surface area contributed by atoms with Crippen molar-refractivity contribution in [2.24, 2.45) is 0 Å². The zero-order valence-electron chi connectivity index (χ0n) is 9.90. The Morgan fingerprint density at radius 3 is 2.50 bits per heavy atom. The molecule has 0 aliphatic heterocycles. The largest absolute Gasteiger partial charge is 0.478 e. The third kappa shape index (κ3) is 3.56. The van der Waals surface area contributed by atoms with Crippen LogP contribution in [0.2, 0.25) is 0 Å². The predicted molar refractivity (Wildman–Crippen MR) is 85.9 cm³/mol. The average Bonchev–Trinajstić information content (AvgIpc) is 2.37. The summed E-state index contributed by atoms with van der Waals surface area (Å²) in [6.07, 6.45) is 2.62. The van der Waals surface area contributed by atoms with Gasteiger partial charge in [-0.15, -0.1) is 0 Å². The number of anilines is 1. The molecule has 20 heavy (non-hydrogen) atoms. The predicted octanol–water partition coefficient (Wildman–Crippen LogP) is 4.07. The second kappa shape index (κ2) is 6.64. The zero-order valence-corrected chi connectivity index (χ0v) is 14.7. The Balaban J connectivity index is 2.24. The molecule has 2 rings (SSSR count). The Bertz CT molecular complexity index is 641. The molecular weight excluding hydrogens is 458 g/mol. The number of halogens is 3. The maximum Gasteiger partial charge on any atom is 0.339 e. The lowest BCUT2D eigenvalue weighted by atomic mass is 10.2. The Labute approximate surface area is 140 Å². The zero-order chi connectivity index (χ0) is 14.7. The molecule has 0 spiro atoms. The lowest BCUT2D eigenvalue weighted by Crippen LogP contribution is -2.10. The van der Waals surface area contributed by atoms with Gasteiger partial charge in [0.2, 0.25) is 0 Å². The van der Waals surface area contributed by atoms with Crippen molar-refractivity contribution >= 4 is 59.4 Å². The summed E-state index contributed by atoms with van der Waals surface area (Å²) in [6.45, 7) is 0.281. The van der Waals surface area contributed by atoms with Gasteiger partial charge in [0.15, 0.2) is 0 Å². The Morgan fingerprint density at radius 2 is 1.90 bits per heavy atom.